The van der Waals surface area contributed by atoms with Crippen LogP contribution < -0.4 is 0 Å². The molecular weight excluding hydrogens is 300 g/mol. The first-order valence-corrected chi connectivity index (χ1v) is 10.6. The molecule has 1 saturated heterocycles. The number of hydrogen-bond donors (Lipinski definition) is 1. The second-order valence-electron chi connectivity index (χ2n) is 7.62. The third kappa shape index (κ3) is 9.05. The molecule has 3 heteroatoms. The van der Waals surface area contributed by atoms with Crippen LogP contribution in [0.25, 0.3) is 0 Å². The molecule has 3 atom stereocenters. The number of ether oxygens (including phenoxy) is 1. The monoisotopic (exact) mass is 340 g/mol. The van der Waals surface area contributed by atoms with Crippen LogP contribution in [0.3, 0.4) is 0 Å². The molecule has 1 rings (SSSR count). The molecule has 0 aromatic carbocycles. The Balaban J connectivity index is 1.80. The van der Waals surface area contributed by atoms with Crippen LogP contribution in [0.1, 0.15) is 110 Å². The van der Waals surface area contributed by atoms with Gasteiger partial charge in [0.15, 0.2) is 0 Å². The molecule has 1 aliphatic rings. The Morgan fingerprint density at radius 2 is 1.21 bits per heavy atom. The van der Waals surface area contributed by atoms with Crippen LogP contribution in [0.2, 0.25) is 0 Å². The second-order valence-corrected chi connectivity index (χ2v) is 7.62. The van der Waals surface area contributed by atoms with Gasteiger partial charge in [-0.3, -0.25) is 4.79 Å². The van der Waals surface area contributed by atoms with Crippen LogP contribution in [0, 0.1) is 5.92 Å². The molecule has 1 heterocycles. The van der Waals surface area contributed by atoms with Crippen LogP contribution in [-0.2, 0) is 9.53 Å². The summed E-state index contributed by atoms with van der Waals surface area (Å²) in [6, 6.07) is 0. The Kier molecular flexibility index (Phi) is 12.2. The van der Waals surface area contributed by atoms with E-state index in [0.717, 1.165) is 12.8 Å². The molecule has 1 fully saturated rings. The quantitative estimate of drug-likeness (QED) is 0.303. The highest BCUT2D eigenvalue weighted by atomic mass is 16.6. The summed E-state index contributed by atoms with van der Waals surface area (Å²) >= 11 is 0. The van der Waals surface area contributed by atoms with Gasteiger partial charge in [0.2, 0.25) is 0 Å². The fourth-order valence-electron chi connectivity index (χ4n) is 3.65. The van der Waals surface area contributed by atoms with Crippen LogP contribution in [0.4, 0.5) is 0 Å². The number of carbonyl (C=O) groups excluding carboxylic acids is 1. The lowest BCUT2D eigenvalue weighted by molar-refractivity contribution is -0.143. The Labute approximate surface area is 149 Å². The predicted octanol–water partition coefficient (Wildman–Crippen LogP) is 5.78. The standard InChI is InChI=1S/C21H40O3/c1-3-4-5-6-7-8-9-10-11-12-13-14-15-16-17-19-20(22)18(2)24-21(19)23/h18-20,22H,3-17H2,1-2H3/t18-,19-,20-/m0/s1. The molecule has 0 bridgehead atoms. The van der Waals surface area contributed by atoms with E-state index in [4.69, 9.17) is 4.74 Å². The first-order valence-electron chi connectivity index (χ1n) is 10.6. The van der Waals surface area contributed by atoms with Crippen molar-refractivity contribution in [2.24, 2.45) is 5.92 Å². The average Bonchev–Trinajstić information content (AvgIpc) is 2.81. The smallest absolute Gasteiger partial charge is 0.312 e. The van der Waals surface area contributed by atoms with Gasteiger partial charge in [-0.15, -0.1) is 0 Å². The van der Waals surface area contributed by atoms with Crippen molar-refractivity contribution in [3.8, 4) is 0 Å². The van der Waals surface area contributed by atoms with Crippen LogP contribution in [0.5, 0.6) is 0 Å². The zero-order valence-electron chi connectivity index (χ0n) is 16.1. The van der Waals surface area contributed by atoms with Gasteiger partial charge in [0, 0.05) is 0 Å². The van der Waals surface area contributed by atoms with E-state index in [1.807, 2.05) is 0 Å². The van der Waals surface area contributed by atoms with Gasteiger partial charge >= 0.3 is 5.97 Å². The minimum absolute atomic E-state index is 0.204. The molecule has 1 N–H and O–H groups in total. The van der Waals surface area contributed by atoms with Crippen LogP contribution in [0.15, 0.2) is 0 Å². The summed E-state index contributed by atoms with van der Waals surface area (Å²) in [5.74, 6) is -0.484. The lowest BCUT2D eigenvalue weighted by Gasteiger charge is -2.11. The molecule has 0 amide bonds. The minimum atomic E-state index is -0.598. The number of hydrogen-bond acceptors (Lipinski definition) is 3. The van der Waals surface area contributed by atoms with E-state index in [2.05, 4.69) is 6.92 Å². The van der Waals surface area contributed by atoms with Crippen molar-refractivity contribution >= 4 is 5.97 Å². The van der Waals surface area contributed by atoms with E-state index in [1.54, 1.807) is 6.92 Å². The summed E-state index contributed by atoms with van der Waals surface area (Å²) in [7, 11) is 0. The Bertz CT molecular complexity index is 316. The summed E-state index contributed by atoms with van der Waals surface area (Å²) < 4.78 is 5.07. The van der Waals surface area contributed by atoms with Crippen molar-refractivity contribution in [2.75, 3.05) is 0 Å². The number of cyclic esters (lactones) is 1. The molecule has 0 aliphatic carbocycles. The zero-order chi connectivity index (χ0) is 17.6. The molecule has 0 unspecified atom stereocenters. The maximum absolute atomic E-state index is 11.6. The number of aliphatic hydroxyl groups excluding tert-OH is 1. The fraction of sp³-hybridized carbons (Fsp3) is 0.952. The Hall–Kier alpha value is -0.570. The van der Waals surface area contributed by atoms with E-state index in [-0.39, 0.29) is 18.0 Å². The van der Waals surface area contributed by atoms with Crippen molar-refractivity contribution in [3.05, 3.63) is 0 Å². The summed E-state index contributed by atoms with van der Waals surface area (Å²) in [6.45, 7) is 4.04. The van der Waals surface area contributed by atoms with E-state index < -0.39 is 6.10 Å². The van der Waals surface area contributed by atoms with E-state index in [1.165, 1.54) is 83.5 Å². The lowest BCUT2D eigenvalue weighted by atomic mass is 9.95. The molecular formula is C21H40O3. The average molecular weight is 341 g/mol. The van der Waals surface area contributed by atoms with Gasteiger partial charge in [0.25, 0.3) is 0 Å². The predicted molar refractivity (Wildman–Crippen MR) is 100.0 cm³/mol. The van der Waals surface area contributed by atoms with Crippen molar-refractivity contribution in [1.29, 1.82) is 0 Å². The van der Waals surface area contributed by atoms with E-state index >= 15 is 0 Å². The summed E-state index contributed by atoms with van der Waals surface area (Å²) in [4.78, 5) is 11.6. The van der Waals surface area contributed by atoms with E-state index in [0.29, 0.717) is 0 Å². The highest BCUT2D eigenvalue weighted by molar-refractivity contribution is 5.75. The molecule has 0 saturated carbocycles. The molecule has 0 spiro atoms. The zero-order valence-corrected chi connectivity index (χ0v) is 16.1. The number of unbranched alkanes of at least 4 members (excludes halogenated alkanes) is 13. The van der Waals surface area contributed by atoms with Gasteiger partial charge in [-0.25, -0.2) is 0 Å². The Morgan fingerprint density at radius 1 is 0.792 bits per heavy atom. The first kappa shape index (κ1) is 21.5. The molecule has 3 nitrogen and oxygen atoms in total. The second kappa shape index (κ2) is 13.7. The summed E-state index contributed by atoms with van der Waals surface area (Å²) in [5.41, 5.74) is 0. The number of esters is 1. The van der Waals surface area contributed by atoms with Gasteiger partial charge in [-0.1, -0.05) is 96.8 Å². The van der Waals surface area contributed by atoms with Crippen LogP contribution >= 0.6 is 0 Å². The van der Waals surface area contributed by atoms with Gasteiger partial charge in [0.05, 0.1) is 5.92 Å². The molecule has 0 radical (unpaired) electrons. The van der Waals surface area contributed by atoms with Crippen molar-refractivity contribution in [3.63, 3.8) is 0 Å². The molecule has 0 aromatic heterocycles. The van der Waals surface area contributed by atoms with Crippen molar-refractivity contribution < 1.29 is 14.6 Å². The summed E-state index contributed by atoms with van der Waals surface area (Å²) in [5, 5.41) is 9.89. The number of carbonyl (C=O) groups is 1. The lowest BCUT2D eigenvalue weighted by Crippen LogP contribution is -2.24. The third-order valence-corrected chi connectivity index (χ3v) is 5.37. The van der Waals surface area contributed by atoms with Gasteiger partial charge < -0.3 is 9.84 Å². The SMILES string of the molecule is CCCCCCCCCCCCCCCC[C@@H]1C(=O)O[C@@H](C)[C@@H]1O. The third-order valence-electron chi connectivity index (χ3n) is 5.37. The molecule has 1 aliphatic heterocycles. The Morgan fingerprint density at radius 3 is 1.58 bits per heavy atom. The van der Waals surface area contributed by atoms with E-state index in [9.17, 15) is 9.90 Å². The maximum Gasteiger partial charge on any atom is 0.312 e. The largest absolute Gasteiger partial charge is 0.460 e. The van der Waals surface area contributed by atoms with Crippen molar-refractivity contribution in [2.45, 2.75) is 122 Å². The normalized spacial score (nSPS) is 23.6. The first-order chi connectivity index (χ1) is 11.7. The van der Waals surface area contributed by atoms with Gasteiger partial charge in [-0.05, 0) is 13.3 Å². The number of aliphatic hydroxyl groups is 1. The molecule has 0 aromatic rings. The van der Waals surface area contributed by atoms with Gasteiger partial charge in [-0.2, -0.15) is 0 Å². The van der Waals surface area contributed by atoms with Gasteiger partial charge in [0.1, 0.15) is 12.2 Å². The fourth-order valence-corrected chi connectivity index (χ4v) is 3.65. The van der Waals surface area contributed by atoms with Crippen molar-refractivity contribution in [1.82, 2.24) is 0 Å². The molecule has 142 valence electrons. The maximum atomic E-state index is 11.6. The van der Waals surface area contributed by atoms with Crippen LogP contribution in [-0.4, -0.2) is 23.3 Å². The minimum Gasteiger partial charge on any atom is -0.460 e. The highest BCUT2D eigenvalue weighted by Gasteiger charge is 2.40. The molecule has 24 heavy (non-hydrogen) atoms. The number of rotatable bonds is 15. The topological polar surface area (TPSA) is 46.5 Å². The summed E-state index contributed by atoms with van der Waals surface area (Å²) in [6.07, 6.45) is 18.6. The highest BCUT2D eigenvalue weighted by Crippen LogP contribution is 2.26.